The largest absolute Gasteiger partial charge is 0.270 e. The molecular formula is C21H14BrN5O3. The molecule has 148 valence electrons. The highest BCUT2D eigenvalue weighted by Gasteiger charge is 2.13. The fraction of sp³-hybridized carbons (Fsp3) is 0. The SMILES string of the molecule is O=C(NNc1nc(-c2ccccc2)c2cc(Br)ccc2n1)c1cccc([N+](=O)[O-])c1. The summed E-state index contributed by atoms with van der Waals surface area (Å²) in [5.41, 5.74) is 7.47. The van der Waals surface area contributed by atoms with Crippen LogP contribution in [0.5, 0.6) is 0 Å². The van der Waals surface area contributed by atoms with E-state index in [1.54, 1.807) is 0 Å². The predicted molar refractivity (Wildman–Crippen MR) is 117 cm³/mol. The Morgan fingerprint density at radius 3 is 2.53 bits per heavy atom. The smallest absolute Gasteiger partial charge is 0.267 e. The van der Waals surface area contributed by atoms with Gasteiger partial charge in [0.15, 0.2) is 0 Å². The number of hydrogen-bond acceptors (Lipinski definition) is 6. The highest BCUT2D eigenvalue weighted by molar-refractivity contribution is 9.10. The quantitative estimate of drug-likeness (QED) is 0.327. The van der Waals surface area contributed by atoms with Gasteiger partial charge in [0, 0.05) is 33.1 Å². The van der Waals surface area contributed by atoms with Gasteiger partial charge in [-0.1, -0.05) is 52.3 Å². The minimum Gasteiger partial charge on any atom is -0.267 e. The number of nitrogens with one attached hydrogen (secondary N) is 2. The van der Waals surface area contributed by atoms with E-state index in [4.69, 9.17) is 0 Å². The van der Waals surface area contributed by atoms with Gasteiger partial charge in [-0.3, -0.25) is 25.8 Å². The van der Waals surface area contributed by atoms with Crippen molar-refractivity contribution in [2.24, 2.45) is 0 Å². The summed E-state index contributed by atoms with van der Waals surface area (Å²) in [6, 6.07) is 20.7. The molecule has 0 radical (unpaired) electrons. The van der Waals surface area contributed by atoms with Crippen molar-refractivity contribution in [1.82, 2.24) is 15.4 Å². The lowest BCUT2D eigenvalue weighted by Gasteiger charge is -2.11. The van der Waals surface area contributed by atoms with E-state index < -0.39 is 10.8 Å². The van der Waals surface area contributed by atoms with Gasteiger partial charge in [0.2, 0.25) is 5.95 Å². The van der Waals surface area contributed by atoms with Crippen molar-refractivity contribution in [1.29, 1.82) is 0 Å². The number of non-ortho nitro benzene ring substituents is 1. The average Bonchev–Trinajstić information content (AvgIpc) is 2.77. The Morgan fingerprint density at radius 2 is 1.77 bits per heavy atom. The monoisotopic (exact) mass is 463 g/mol. The van der Waals surface area contributed by atoms with Crippen LogP contribution in [0.3, 0.4) is 0 Å². The highest BCUT2D eigenvalue weighted by Crippen LogP contribution is 2.29. The Hall–Kier alpha value is -3.85. The number of fused-ring (bicyclic) bond motifs is 1. The van der Waals surface area contributed by atoms with Crippen molar-refractivity contribution in [2.75, 3.05) is 5.43 Å². The summed E-state index contributed by atoms with van der Waals surface area (Å²) in [7, 11) is 0. The van der Waals surface area contributed by atoms with E-state index in [-0.39, 0.29) is 17.2 Å². The van der Waals surface area contributed by atoms with Gasteiger partial charge in [-0.25, -0.2) is 9.97 Å². The Kier molecular flexibility index (Phi) is 5.36. The molecule has 0 unspecified atom stereocenters. The first-order valence-corrected chi connectivity index (χ1v) is 9.64. The zero-order valence-electron chi connectivity index (χ0n) is 15.4. The molecule has 4 rings (SSSR count). The predicted octanol–water partition coefficient (Wildman–Crippen LogP) is 4.72. The van der Waals surface area contributed by atoms with Crippen LogP contribution in [0.25, 0.3) is 22.2 Å². The molecule has 0 spiro atoms. The maximum absolute atomic E-state index is 12.4. The van der Waals surface area contributed by atoms with Crippen molar-refractivity contribution in [3.8, 4) is 11.3 Å². The van der Waals surface area contributed by atoms with Crippen molar-refractivity contribution >= 4 is 44.4 Å². The molecule has 0 aliphatic rings. The standard InChI is InChI=1S/C21H14BrN5O3/c22-15-9-10-18-17(12-15)19(13-5-2-1-3-6-13)24-21(23-18)26-25-20(28)14-7-4-8-16(11-14)27(29)30/h1-12H,(H,25,28)(H,23,24,26). The lowest BCUT2D eigenvalue weighted by Crippen LogP contribution is -2.30. The lowest BCUT2D eigenvalue weighted by atomic mass is 10.1. The van der Waals surface area contributed by atoms with Gasteiger partial charge in [0.1, 0.15) is 0 Å². The molecule has 0 aliphatic heterocycles. The number of amides is 1. The summed E-state index contributed by atoms with van der Waals surface area (Å²) in [6.07, 6.45) is 0. The minimum atomic E-state index is -0.555. The second-order valence-electron chi connectivity index (χ2n) is 6.31. The van der Waals surface area contributed by atoms with Gasteiger partial charge in [-0.2, -0.15) is 0 Å². The van der Waals surface area contributed by atoms with Crippen LogP contribution in [-0.2, 0) is 0 Å². The second kappa shape index (κ2) is 8.26. The normalized spacial score (nSPS) is 10.6. The van der Waals surface area contributed by atoms with Crippen LogP contribution in [0.4, 0.5) is 11.6 Å². The second-order valence-corrected chi connectivity index (χ2v) is 7.23. The van der Waals surface area contributed by atoms with Gasteiger partial charge in [0.05, 0.1) is 16.1 Å². The first-order valence-electron chi connectivity index (χ1n) is 8.85. The van der Waals surface area contributed by atoms with E-state index in [2.05, 4.69) is 36.7 Å². The van der Waals surface area contributed by atoms with Gasteiger partial charge >= 0.3 is 0 Å². The molecule has 9 heteroatoms. The third-order valence-electron chi connectivity index (χ3n) is 4.31. The Morgan fingerprint density at radius 1 is 0.967 bits per heavy atom. The number of rotatable bonds is 5. The van der Waals surface area contributed by atoms with Crippen LogP contribution in [0.2, 0.25) is 0 Å². The Bertz CT molecular complexity index is 1260. The number of anilines is 1. The van der Waals surface area contributed by atoms with Crippen LogP contribution >= 0.6 is 15.9 Å². The van der Waals surface area contributed by atoms with Crippen LogP contribution in [0.15, 0.2) is 77.3 Å². The fourth-order valence-corrected chi connectivity index (χ4v) is 3.28. The molecule has 0 bridgehead atoms. The topological polar surface area (TPSA) is 110 Å². The van der Waals surface area contributed by atoms with Gasteiger partial charge < -0.3 is 0 Å². The third-order valence-corrected chi connectivity index (χ3v) is 4.81. The molecule has 3 aromatic carbocycles. The molecule has 2 N–H and O–H groups in total. The maximum atomic E-state index is 12.4. The molecule has 4 aromatic rings. The number of carbonyl (C=O) groups excluding carboxylic acids is 1. The average molecular weight is 464 g/mol. The number of benzene rings is 3. The van der Waals surface area contributed by atoms with E-state index in [0.717, 1.165) is 15.4 Å². The van der Waals surface area contributed by atoms with Crippen LogP contribution in [0, 0.1) is 10.1 Å². The van der Waals surface area contributed by atoms with E-state index in [1.165, 1.54) is 24.3 Å². The summed E-state index contributed by atoms with van der Waals surface area (Å²) in [5, 5.41) is 11.8. The summed E-state index contributed by atoms with van der Waals surface area (Å²) in [4.78, 5) is 31.8. The fourth-order valence-electron chi connectivity index (χ4n) is 2.92. The zero-order chi connectivity index (χ0) is 21.1. The number of nitro benzene ring substituents is 1. The first kappa shape index (κ1) is 19.5. The van der Waals surface area contributed by atoms with E-state index in [0.29, 0.717) is 11.2 Å². The number of nitro groups is 1. The zero-order valence-corrected chi connectivity index (χ0v) is 17.0. The molecule has 0 fully saturated rings. The number of aromatic nitrogens is 2. The van der Waals surface area contributed by atoms with Crippen LogP contribution in [0.1, 0.15) is 10.4 Å². The van der Waals surface area contributed by atoms with Crippen molar-refractivity contribution in [3.63, 3.8) is 0 Å². The molecule has 8 nitrogen and oxygen atoms in total. The maximum Gasteiger partial charge on any atom is 0.270 e. The van der Waals surface area contributed by atoms with Gasteiger partial charge in [-0.15, -0.1) is 0 Å². The first-order chi connectivity index (χ1) is 14.5. The van der Waals surface area contributed by atoms with E-state index in [1.807, 2.05) is 48.5 Å². The molecule has 0 atom stereocenters. The van der Waals surface area contributed by atoms with Crippen molar-refractivity contribution < 1.29 is 9.72 Å². The number of nitrogens with zero attached hydrogens (tertiary/aromatic N) is 3. The number of halogens is 1. The molecular weight excluding hydrogens is 450 g/mol. The van der Waals surface area contributed by atoms with Gasteiger partial charge in [-0.05, 0) is 24.3 Å². The van der Waals surface area contributed by atoms with E-state index >= 15 is 0 Å². The van der Waals surface area contributed by atoms with Crippen molar-refractivity contribution in [2.45, 2.75) is 0 Å². The van der Waals surface area contributed by atoms with Crippen molar-refractivity contribution in [3.05, 3.63) is 92.9 Å². The van der Waals surface area contributed by atoms with Gasteiger partial charge in [0.25, 0.3) is 11.6 Å². The lowest BCUT2D eigenvalue weighted by molar-refractivity contribution is -0.384. The number of hydrazine groups is 1. The summed E-state index contributed by atoms with van der Waals surface area (Å²) >= 11 is 3.47. The third kappa shape index (κ3) is 4.11. The molecule has 1 amide bonds. The number of carbonyl (C=O) groups is 1. The van der Waals surface area contributed by atoms with Crippen LogP contribution in [-0.4, -0.2) is 20.8 Å². The molecule has 1 aromatic heterocycles. The molecule has 0 saturated heterocycles. The summed E-state index contributed by atoms with van der Waals surface area (Å²) in [6.45, 7) is 0. The minimum absolute atomic E-state index is 0.143. The van der Waals surface area contributed by atoms with Crippen LogP contribution < -0.4 is 10.9 Å². The Balaban J connectivity index is 1.65. The molecule has 30 heavy (non-hydrogen) atoms. The Labute approximate surface area is 179 Å². The van der Waals surface area contributed by atoms with E-state index in [9.17, 15) is 14.9 Å². The summed E-state index contributed by atoms with van der Waals surface area (Å²) in [5.74, 6) is -0.345. The highest BCUT2D eigenvalue weighted by atomic mass is 79.9. The molecule has 1 heterocycles. The molecule has 0 aliphatic carbocycles. The molecule has 0 saturated carbocycles. The summed E-state index contributed by atoms with van der Waals surface area (Å²) < 4.78 is 0.899. The number of hydrogen-bond donors (Lipinski definition) is 2.